The summed E-state index contributed by atoms with van der Waals surface area (Å²) in [4.78, 5) is 15.4. The number of aliphatic hydroxyl groups is 1. The number of aliphatic hydroxyl groups excluding tert-OH is 1. The predicted octanol–water partition coefficient (Wildman–Crippen LogP) is 3.22. The molecular formula is C25H32N4O6S2. The van der Waals surface area contributed by atoms with Gasteiger partial charge in [0.2, 0.25) is 10.0 Å². The highest BCUT2D eigenvalue weighted by molar-refractivity contribution is 7.93. The third-order valence-electron chi connectivity index (χ3n) is 8.41. The molecule has 3 saturated carbocycles. The maximum absolute atomic E-state index is 13.8. The molecule has 4 atom stereocenters. The number of rotatable bonds is 7. The zero-order valence-corrected chi connectivity index (χ0v) is 22.5. The van der Waals surface area contributed by atoms with Gasteiger partial charge in [0.1, 0.15) is 16.2 Å². The molecule has 3 aliphatic carbocycles. The number of nitrogens with zero attached hydrogens (tertiary/aromatic N) is 2. The Kier molecular flexibility index (Phi) is 5.65. The molecule has 10 nitrogen and oxygen atoms in total. The van der Waals surface area contributed by atoms with Gasteiger partial charge in [0.05, 0.1) is 10.9 Å². The minimum Gasteiger partial charge on any atom is -0.511 e. The average molecular weight is 549 g/mol. The van der Waals surface area contributed by atoms with Crippen molar-refractivity contribution in [3.05, 3.63) is 29.5 Å². The summed E-state index contributed by atoms with van der Waals surface area (Å²) in [5.74, 6) is 0.126. The summed E-state index contributed by atoms with van der Waals surface area (Å²) in [5, 5.41) is 13.9. The van der Waals surface area contributed by atoms with Crippen molar-refractivity contribution in [1.29, 1.82) is 0 Å². The van der Waals surface area contributed by atoms with E-state index in [1.54, 1.807) is 0 Å². The van der Waals surface area contributed by atoms with E-state index in [-0.39, 0.29) is 51.3 Å². The zero-order chi connectivity index (χ0) is 26.3. The Morgan fingerprint density at radius 2 is 1.92 bits per heavy atom. The van der Waals surface area contributed by atoms with Crippen LogP contribution >= 0.6 is 0 Å². The number of amidine groups is 1. The van der Waals surface area contributed by atoms with Gasteiger partial charge in [-0.05, 0) is 74.5 Å². The predicted molar refractivity (Wildman–Crippen MR) is 139 cm³/mol. The topological polar surface area (TPSA) is 145 Å². The van der Waals surface area contributed by atoms with Crippen LogP contribution in [0.4, 0.5) is 11.4 Å². The number of amides is 1. The first-order valence-corrected chi connectivity index (χ1v) is 16.0. The molecule has 3 N–H and O–H groups in total. The Morgan fingerprint density at radius 3 is 2.62 bits per heavy atom. The van der Waals surface area contributed by atoms with Gasteiger partial charge in [0, 0.05) is 24.2 Å². The van der Waals surface area contributed by atoms with Gasteiger partial charge < -0.3 is 15.3 Å². The van der Waals surface area contributed by atoms with Gasteiger partial charge in [-0.3, -0.25) is 9.52 Å². The van der Waals surface area contributed by atoms with Crippen LogP contribution in [0, 0.1) is 23.7 Å². The third kappa shape index (κ3) is 4.12. The highest BCUT2D eigenvalue weighted by Gasteiger charge is 2.57. The van der Waals surface area contributed by atoms with Crippen LogP contribution in [0.15, 0.2) is 38.8 Å². The molecule has 0 aromatic heterocycles. The van der Waals surface area contributed by atoms with Crippen LogP contribution in [0.3, 0.4) is 0 Å². The van der Waals surface area contributed by atoms with Crippen LogP contribution in [-0.2, 0) is 24.8 Å². The molecule has 2 bridgehead atoms. The van der Waals surface area contributed by atoms with Crippen molar-refractivity contribution in [1.82, 2.24) is 4.90 Å². The molecule has 200 valence electrons. The van der Waals surface area contributed by atoms with E-state index in [2.05, 4.69) is 28.3 Å². The second-order valence-corrected chi connectivity index (χ2v) is 14.9. The highest BCUT2D eigenvalue weighted by Crippen LogP contribution is 2.55. The summed E-state index contributed by atoms with van der Waals surface area (Å²) in [7, 11) is -7.84. The minimum absolute atomic E-state index is 0.0658. The number of benzene rings is 1. The summed E-state index contributed by atoms with van der Waals surface area (Å²) in [6.07, 6.45) is 4.94. The van der Waals surface area contributed by atoms with E-state index in [0.29, 0.717) is 31.2 Å². The number of hydrogen-bond acceptors (Lipinski definition) is 7. The SMILES string of the molecule is CC(C)CCN1C(=O)C(C2=NS(=O)(=O)c3cc(NS(=O)(=O)C4CC4)ccc3N2)=C(O)C2C1[C@H]1CC[C@@H]2C1. The van der Waals surface area contributed by atoms with Crippen LogP contribution in [0.5, 0.6) is 0 Å². The van der Waals surface area contributed by atoms with E-state index >= 15 is 0 Å². The number of nitrogens with one attached hydrogen (secondary N) is 2. The largest absolute Gasteiger partial charge is 0.511 e. The maximum Gasteiger partial charge on any atom is 0.286 e. The molecule has 0 radical (unpaired) electrons. The van der Waals surface area contributed by atoms with Gasteiger partial charge in [0.25, 0.3) is 15.9 Å². The van der Waals surface area contributed by atoms with Crippen molar-refractivity contribution in [2.75, 3.05) is 16.6 Å². The number of hydrogen-bond donors (Lipinski definition) is 3. The average Bonchev–Trinajstić information content (AvgIpc) is 3.49. The first-order chi connectivity index (χ1) is 17.5. The van der Waals surface area contributed by atoms with Crippen LogP contribution < -0.4 is 10.0 Å². The lowest BCUT2D eigenvalue weighted by molar-refractivity contribution is -0.133. The molecular weight excluding hydrogens is 516 g/mol. The van der Waals surface area contributed by atoms with Crippen molar-refractivity contribution < 1.29 is 26.7 Å². The number of sulfonamides is 2. The van der Waals surface area contributed by atoms with Gasteiger partial charge in [-0.15, -0.1) is 4.40 Å². The van der Waals surface area contributed by atoms with E-state index in [1.807, 2.05) is 4.90 Å². The zero-order valence-electron chi connectivity index (χ0n) is 20.8. The van der Waals surface area contributed by atoms with Crippen molar-refractivity contribution in [3.8, 4) is 0 Å². The van der Waals surface area contributed by atoms with E-state index in [1.165, 1.54) is 18.2 Å². The summed E-state index contributed by atoms with van der Waals surface area (Å²) in [5.41, 5.74) is 0.233. The fourth-order valence-corrected chi connectivity index (χ4v) is 9.00. The van der Waals surface area contributed by atoms with E-state index < -0.39 is 31.2 Å². The van der Waals surface area contributed by atoms with Crippen LogP contribution in [0.25, 0.3) is 0 Å². The lowest BCUT2D eigenvalue weighted by Gasteiger charge is -2.44. The Labute approximate surface area is 217 Å². The molecule has 1 amide bonds. The standard InChI is InChI=1S/C25H32N4O6S2/c1-13(2)9-10-29-22-15-4-3-14(11-15)20(22)23(30)21(25(29)31)24-26-18-8-5-16(12-19(18)37(34,35)28-24)27-36(32,33)17-6-7-17/h5,8,12-15,17,20,22,27,30H,3-4,6-7,9-11H2,1-2H3,(H,26,28)/t14-,15+,20?,22?/m1/s1. The van der Waals surface area contributed by atoms with Gasteiger partial charge in [-0.25, -0.2) is 8.42 Å². The number of anilines is 2. The summed E-state index contributed by atoms with van der Waals surface area (Å²) in [6, 6.07) is 4.09. The maximum atomic E-state index is 13.8. The Morgan fingerprint density at radius 1 is 1.19 bits per heavy atom. The minimum atomic E-state index is -4.27. The van der Waals surface area contributed by atoms with Crippen LogP contribution in [0.1, 0.15) is 52.4 Å². The van der Waals surface area contributed by atoms with E-state index in [0.717, 1.165) is 25.7 Å². The summed E-state index contributed by atoms with van der Waals surface area (Å²) < 4.78 is 57.4. The molecule has 2 aliphatic heterocycles. The molecule has 6 rings (SSSR count). The van der Waals surface area contributed by atoms with Crippen LogP contribution in [-0.4, -0.2) is 56.4 Å². The fourth-order valence-electron chi connectivity index (χ4n) is 6.48. The van der Waals surface area contributed by atoms with Crippen molar-refractivity contribution >= 4 is 43.2 Å². The summed E-state index contributed by atoms with van der Waals surface area (Å²) >= 11 is 0. The number of carbonyl (C=O) groups excluding carboxylic acids is 1. The smallest absolute Gasteiger partial charge is 0.286 e. The van der Waals surface area contributed by atoms with E-state index in [4.69, 9.17) is 0 Å². The van der Waals surface area contributed by atoms with Gasteiger partial charge in [-0.1, -0.05) is 13.8 Å². The Bertz CT molecular complexity index is 1450. The van der Waals surface area contributed by atoms with Gasteiger partial charge >= 0.3 is 0 Å². The second kappa shape index (κ2) is 8.45. The number of fused-ring (bicyclic) bond motifs is 6. The molecule has 5 aliphatic rings. The van der Waals surface area contributed by atoms with Gasteiger partial charge in [-0.2, -0.15) is 8.42 Å². The molecule has 2 heterocycles. The lowest BCUT2D eigenvalue weighted by atomic mass is 9.77. The van der Waals surface area contributed by atoms with Crippen molar-refractivity contribution in [2.45, 2.75) is 68.6 Å². The first-order valence-electron chi connectivity index (χ1n) is 13.0. The lowest BCUT2D eigenvalue weighted by Crippen LogP contribution is -2.54. The normalized spacial score (nSPS) is 30.2. The van der Waals surface area contributed by atoms with Crippen molar-refractivity contribution in [3.63, 3.8) is 0 Å². The molecule has 3 fully saturated rings. The Balaban J connectivity index is 1.36. The quantitative estimate of drug-likeness (QED) is 0.474. The molecule has 1 aromatic rings. The van der Waals surface area contributed by atoms with Crippen LogP contribution in [0.2, 0.25) is 0 Å². The second-order valence-electron chi connectivity index (χ2n) is 11.4. The molecule has 1 aromatic carbocycles. The molecule has 37 heavy (non-hydrogen) atoms. The fraction of sp³-hybridized carbons (Fsp3) is 0.600. The molecule has 2 unspecified atom stereocenters. The Hall–Kier alpha value is -2.60. The highest BCUT2D eigenvalue weighted by atomic mass is 32.2. The molecule has 0 spiro atoms. The van der Waals surface area contributed by atoms with Gasteiger partial charge in [0.15, 0.2) is 5.84 Å². The van der Waals surface area contributed by atoms with Crippen molar-refractivity contribution in [2.24, 2.45) is 28.1 Å². The van der Waals surface area contributed by atoms with E-state index in [9.17, 15) is 26.7 Å². The monoisotopic (exact) mass is 548 g/mol. The molecule has 12 heteroatoms. The molecule has 0 saturated heterocycles. The first kappa shape index (κ1) is 24.7. The number of carbonyl (C=O) groups is 1. The summed E-state index contributed by atoms with van der Waals surface area (Å²) in [6.45, 7) is 4.73. The third-order valence-corrected chi connectivity index (χ3v) is 11.6.